The quantitative estimate of drug-likeness (QED) is 0.625. The zero-order chi connectivity index (χ0) is 18.1. The lowest BCUT2D eigenvalue weighted by Gasteiger charge is -2.08. The van der Waals surface area contributed by atoms with Gasteiger partial charge in [0.2, 0.25) is 0 Å². The predicted molar refractivity (Wildman–Crippen MR) is 95.5 cm³/mol. The molecule has 6 nitrogen and oxygen atoms in total. The van der Waals surface area contributed by atoms with Gasteiger partial charge in [0.1, 0.15) is 5.82 Å². The van der Waals surface area contributed by atoms with Crippen LogP contribution in [0.5, 0.6) is 0 Å². The first-order valence-corrected chi connectivity index (χ1v) is 9.17. The van der Waals surface area contributed by atoms with E-state index in [0.717, 1.165) is 21.5 Å². The molecule has 0 bridgehead atoms. The van der Waals surface area contributed by atoms with E-state index in [0.29, 0.717) is 10.5 Å². The number of rotatable bonds is 4. The van der Waals surface area contributed by atoms with Crippen LogP contribution in [-0.4, -0.2) is 26.2 Å². The largest absolute Gasteiger partial charge is 0.334 e. The molecule has 26 heavy (non-hydrogen) atoms. The van der Waals surface area contributed by atoms with E-state index in [4.69, 9.17) is 4.52 Å². The van der Waals surface area contributed by atoms with Crippen LogP contribution in [0.1, 0.15) is 10.7 Å². The highest BCUT2D eigenvalue weighted by atomic mass is 32.2. The Hall–Kier alpha value is -2.78. The van der Waals surface area contributed by atoms with Crippen molar-refractivity contribution in [2.24, 2.45) is 0 Å². The summed E-state index contributed by atoms with van der Waals surface area (Å²) in [6.45, 7) is -0.0862. The summed E-state index contributed by atoms with van der Waals surface area (Å²) in [4.78, 5) is 31.1. The predicted octanol–water partition coefficient (Wildman–Crippen LogP) is 4.17. The van der Waals surface area contributed by atoms with Crippen LogP contribution >= 0.6 is 23.1 Å². The molecule has 1 fully saturated rings. The Balaban J connectivity index is 1.51. The number of thioether (sulfide) groups is 1. The standard InChI is InChI=1S/C17H10FN3O3S2/c18-11-5-3-10(4-6-11)15-19-14(20-24-15)9-21-16(22)13(26-17(21)23)8-12-2-1-7-25-12/h1-8H,9H2/b13-8-. The lowest BCUT2D eigenvalue weighted by Crippen LogP contribution is -2.28. The maximum Gasteiger partial charge on any atom is 0.293 e. The van der Waals surface area contributed by atoms with E-state index in [-0.39, 0.29) is 35.2 Å². The second-order valence-corrected chi connectivity index (χ2v) is 7.28. The summed E-state index contributed by atoms with van der Waals surface area (Å²) >= 11 is 2.36. The maximum atomic E-state index is 13.0. The SMILES string of the molecule is O=C1S/C(=C\c2cccs2)C(=O)N1Cc1noc(-c2ccc(F)cc2)n1. The molecule has 3 heterocycles. The molecule has 4 rings (SSSR count). The van der Waals surface area contributed by atoms with Crippen molar-refractivity contribution in [3.05, 3.63) is 63.2 Å². The van der Waals surface area contributed by atoms with Gasteiger partial charge in [-0.25, -0.2) is 4.39 Å². The van der Waals surface area contributed by atoms with Gasteiger partial charge in [0, 0.05) is 10.4 Å². The van der Waals surface area contributed by atoms with E-state index in [2.05, 4.69) is 10.1 Å². The molecule has 0 radical (unpaired) electrons. The molecule has 0 spiro atoms. The minimum absolute atomic E-state index is 0.0862. The van der Waals surface area contributed by atoms with Crippen molar-refractivity contribution in [3.8, 4) is 11.5 Å². The number of aromatic nitrogens is 2. The number of thiophene rings is 1. The molecule has 1 aliphatic heterocycles. The highest BCUT2D eigenvalue weighted by Gasteiger charge is 2.36. The summed E-state index contributed by atoms with van der Waals surface area (Å²) in [7, 11) is 0. The number of carbonyl (C=O) groups excluding carboxylic acids is 2. The third kappa shape index (κ3) is 3.31. The first-order valence-electron chi connectivity index (χ1n) is 7.47. The van der Waals surface area contributed by atoms with E-state index in [1.54, 1.807) is 6.08 Å². The topological polar surface area (TPSA) is 76.3 Å². The fourth-order valence-electron chi connectivity index (χ4n) is 2.31. The Labute approximate surface area is 155 Å². The molecule has 9 heteroatoms. The van der Waals surface area contributed by atoms with Crippen LogP contribution in [0.3, 0.4) is 0 Å². The molecule has 130 valence electrons. The molecule has 1 aromatic carbocycles. The number of halogens is 1. The maximum absolute atomic E-state index is 13.0. The van der Waals surface area contributed by atoms with Crippen molar-refractivity contribution >= 4 is 40.3 Å². The zero-order valence-electron chi connectivity index (χ0n) is 13.1. The molecule has 1 aliphatic rings. The molecule has 0 unspecified atom stereocenters. The Morgan fingerprint density at radius 2 is 2.00 bits per heavy atom. The number of hydrogen-bond acceptors (Lipinski definition) is 7. The van der Waals surface area contributed by atoms with Crippen molar-refractivity contribution in [2.45, 2.75) is 6.54 Å². The number of amides is 2. The van der Waals surface area contributed by atoms with Gasteiger partial charge in [-0.3, -0.25) is 14.5 Å². The van der Waals surface area contributed by atoms with Crippen molar-refractivity contribution in [3.63, 3.8) is 0 Å². The number of carbonyl (C=O) groups is 2. The van der Waals surface area contributed by atoms with E-state index in [9.17, 15) is 14.0 Å². The van der Waals surface area contributed by atoms with Gasteiger partial charge in [0.15, 0.2) is 5.82 Å². The average Bonchev–Trinajstić information content (AvgIpc) is 3.35. The summed E-state index contributed by atoms with van der Waals surface area (Å²) in [5.74, 6) is -0.365. The molecule has 1 saturated heterocycles. The Bertz CT molecular complexity index is 997. The summed E-state index contributed by atoms with van der Waals surface area (Å²) in [5, 5.41) is 5.31. The van der Waals surface area contributed by atoms with Gasteiger partial charge in [-0.05, 0) is 53.5 Å². The minimum atomic E-state index is -0.387. The molecular weight excluding hydrogens is 377 g/mol. The van der Waals surface area contributed by atoms with Crippen molar-refractivity contribution in [1.82, 2.24) is 15.0 Å². The molecular formula is C17H10FN3O3S2. The van der Waals surface area contributed by atoms with Crippen LogP contribution in [0.15, 0.2) is 51.2 Å². The Kier molecular flexibility index (Phi) is 4.39. The first kappa shape index (κ1) is 16.7. The average molecular weight is 387 g/mol. The van der Waals surface area contributed by atoms with Gasteiger partial charge in [0.05, 0.1) is 11.4 Å². The van der Waals surface area contributed by atoms with Crippen molar-refractivity contribution in [1.29, 1.82) is 0 Å². The summed E-state index contributed by atoms with van der Waals surface area (Å²) < 4.78 is 18.1. The van der Waals surface area contributed by atoms with Crippen LogP contribution in [0.4, 0.5) is 9.18 Å². The second kappa shape index (κ2) is 6.85. The van der Waals surface area contributed by atoms with Crippen molar-refractivity contribution < 1.29 is 18.5 Å². The van der Waals surface area contributed by atoms with Crippen LogP contribution in [0.25, 0.3) is 17.5 Å². The third-order valence-corrected chi connectivity index (χ3v) is 5.28. The van der Waals surface area contributed by atoms with E-state index < -0.39 is 0 Å². The van der Waals surface area contributed by atoms with Crippen molar-refractivity contribution in [2.75, 3.05) is 0 Å². The summed E-state index contributed by atoms with van der Waals surface area (Å²) in [5.41, 5.74) is 0.553. The highest BCUT2D eigenvalue weighted by Crippen LogP contribution is 2.33. The Morgan fingerprint density at radius 1 is 1.19 bits per heavy atom. The minimum Gasteiger partial charge on any atom is -0.334 e. The van der Waals surface area contributed by atoms with E-state index >= 15 is 0 Å². The van der Waals surface area contributed by atoms with Gasteiger partial charge >= 0.3 is 0 Å². The summed E-state index contributed by atoms with van der Waals surface area (Å²) in [6.07, 6.45) is 1.69. The van der Waals surface area contributed by atoms with Gasteiger partial charge in [0.25, 0.3) is 17.0 Å². The van der Waals surface area contributed by atoms with E-state index in [1.165, 1.54) is 35.6 Å². The van der Waals surface area contributed by atoms with Gasteiger partial charge in [-0.2, -0.15) is 4.98 Å². The van der Waals surface area contributed by atoms with E-state index in [1.807, 2.05) is 17.5 Å². The molecule has 2 amide bonds. The number of hydrogen-bond donors (Lipinski definition) is 0. The first-order chi connectivity index (χ1) is 12.6. The lowest BCUT2D eigenvalue weighted by atomic mass is 10.2. The Morgan fingerprint density at radius 3 is 2.73 bits per heavy atom. The van der Waals surface area contributed by atoms with Gasteiger partial charge in [-0.15, -0.1) is 11.3 Å². The smallest absolute Gasteiger partial charge is 0.293 e. The van der Waals surface area contributed by atoms with Crippen LogP contribution in [0, 0.1) is 5.82 Å². The summed E-state index contributed by atoms with van der Waals surface area (Å²) in [6, 6.07) is 9.33. The fourth-order valence-corrected chi connectivity index (χ4v) is 3.87. The number of nitrogens with zero attached hydrogens (tertiary/aromatic N) is 3. The number of imide groups is 1. The van der Waals surface area contributed by atoms with Crippen LogP contribution < -0.4 is 0 Å². The molecule has 0 saturated carbocycles. The lowest BCUT2D eigenvalue weighted by molar-refractivity contribution is -0.123. The normalized spacial score (nSPS) is 16.0. The monoisotopic (exact) mass is 387 g/mol. The number of benzene rings is 1. The fraction of sp³-hybridized carbons (Fsp3) is 0.0588. The zero-order valence-corrected chi connectivity index (χ0v) is 14.7. The molecule has 0 N–H and O–H groups in total. The van der Waals surface area contributed by atoms with Crippen LogP contribution in [-0.2, 0) is 11.3 Å². The molecule has 0 aliphatic carbocycles. The molecule has 2 aromatic heterocycles. The molecule has 3 aromatic rings. The van der Waals surface area contributed by atoms with Crippen LogP contribution in [0.2, 0.25) is 0 Å². The third-order valence-electron chi connectivity index (χ3n) is 3.55. The van der Waals surface area contributed by atoms with Gasteiger partial charge < -0.3 is 4.52 Å². The molecule has 0 atom stereocenters. The second-order valence-electron chi connectivity index (χ2n) is 5.31. The van der Waals surface area contributed by atoms with Gasteiger partial charge in [-0.1, -0.05) is 11.2 Å². The highest BCUT2D eigenvalue weighted by molar-refractivity contribution is 8.18.